The van der Waals surface area contributed by atoms with Crippen LogP contribution in [0.25, 0.3) is 11.3 Å². The standard InChI is InChI=1S/C21H23ClFN5O3/c1-21(2,11-24)31-18-7-5-12(8-14(18)19-16(23)10-25-28(19)3)26-20(30)27-13-4-6-15(22)17(29)9-13/h4-10,29H,11,24H2,1-3H3,(H2,26,27,30). The van der Waals surface area contributed by atoms with E-state index >= 15 is 0 Å². The summed E-state index contributed by atoms with van der Waals surface area (Å²) in [5, 5.41) is 19.0. The molecule has 0 aliphatic rings. The SMILES string of the molecule is Cn1ncc(F)c1-c1cc(NC(=O)Nc2ccc(Cl)c(O)c2)ccc1OC(C)(C)CN. The van der Waals surface area contributed by atoms with Crippen molar-refractivity contribution in [2.75, 3.05) is 17.2 Å². The third-order valence-corrected chi connectivity index (χ3v) is 4.79. The van der Waals surface area contributed by atoms with Crippen LogP contribution in [0, 0.1) is 5.82 Å². The molecule has 31 heavy (non-hydrogen) atoms. The maximum absolute atomic E-state index is 14.4. The Bertz CT molecular complexity index is 1100. The summed E-state index contributed by atoms with van der Waals surface area (Å²) in [6.45, 7) is 3.88. The highest BCUT2D eigenvalue weighted by Crippen LogP contribution is 2.36. The summed E-state index contributed by atoms with van der Waals surface area (Å²) in [4.78, 5) is 12.4. The molecule has 0 fully saturated rings. The van der Waals surface area contributed by atoms with E-state index in [1.807, 2.05) is 13.8 Å². The Balaban J connectivity index is 1.90. The average Bonchev–Trinajstić information content (AvgIpc) is 3.04. The normalized spacial score (nSPS) is 11.3. The molecule has 3 rings (SSSR count). The molecule has 3 aromatic rings. The Morgan fingerprint density at radius 3 is 2.48 bits per heavy atom. The Morgan fingerprint density at radius 2 is 1.90 bits per heavy atom. The molecule has 10 heteroatoms. The highest BCUT2D eigenvalue weighted by atomic mass is 35.5. The van der Waals surface area contributed by atoms with Crippen molar-refractivity contribution in [3.05, 3.63) is 53.4 Å². The number of rotatable bonds is 6. The monoisotopic (exact) mass is 447 g/mol. The molecule has 0 unspecified atom stereocenters. The summed E-state index contributed by atoms with van der Waals surface area (Å²) >= 11 is 5.77. The van der Waals surface area contributed by atoms with Gasteiger partial charge >= 0.3 is 6.03 Å². The molecule has 5 N–H and O–H groups in total. The van der Waals surface area contributed by atoms with Crippen molar-refractivity contribution >= 4 is 29.0 Å². The number of hydrogen-bond donors (Lipinski definition) is 4. The second-order valence-corrected chi connectivity index (χ2v) is 7.89. The molecule has 0 radical (unpaired) electrons. The van der Waals surface area contributed by atoms with Crippen LogP contribution in [0.15, 0.2) is 42.6 Å². The zero-order chi connectivity index (χ0) is 22.8. The van der Waals surface area contributed by atoms with Crippen molar-refractivity contribution in [1.82, 2.24) is 9.78 Å². The van der Waals surface area contributed by atoms with Gasteiger partial charge in [-0.05, 0) is 44.2 Å². The van der Waals surface area contributed by atoms with Crippen molar-refractivity contribution in [3.8, 4) is 22.8 Å². The number of nitrogens with one attached hydrogen (secondary N) is 2. The summed E-state index contributed by atoms with van der Waals surface area (Å²) in [6.07, 6.45) is 1.10. The number of anilines is 2. The van der Waals surface area contributed by atoms with Crippen LogP contribution < -0.4 is 21.1 Å². The Hall–Kier alpha value is -3.30. The number of urea groups is 1. The van der Waals surface area contributed by atoms with E-state index < -0.39 is 17.4 Å². The van der Waals surface area contributed by atoms with Crippen LogP contribution in [-0.2, 0) is 7.05 Å². The molecule has 0 saturated carbocycles. The topological polar surface area (TPSA) is 114 Å². The fourth-order valence-corrected chi connectivity index (χ4v) is 2.94. The molecule has 0 aliphatic carbocycles. The number of halogens is 2. The van der Waals surface area contributed by atoms with E-state index in [1.165, 1.54) is 16.8 Å². The van der Waals surface area contributed by atoms with Gasteiger partial charge in [-0.15, -0.1) is 0 Å². The highest BCUT2D eigenvalue weighted by molar-refractivity contribution is 6.32. The molecule has 0 aliphatic heterocycles. The van der Waals surface area contributed by atoms with Gasteiger partial charge in [0, 0.05) is 36.6 Å². The second-order valence-electron chi connectivity index (χ2n) is 7.49. The van der Waals surface area contributed by atoms with Crippen LogP contribution in [0.4, 0.5) is 20.6 Å². The first-order valence-electron chi connectivity index (χ1n) is 9.37. The number of aryl methyl sites for hydroxylation is 1. The van der Waals surface area contributed by atoms with Crippen molar-refractivity contribution in [2.45, 2.75) is 19.4 Å². The van der Waals surface area contributed by atoms with E-state index in [-0.39, 0.29) is 23.0 Å². The van der Waals surface area contributed by atoms with Gasteiger partial charge in [0.05, 0.1) is 11.2 Å². The van der Waals surface area contributed by atoms with Crippen molar-refractivity contribution in [3.63, 3.8) is 0 Å². The number of hydrogen-bond acceptors (Lipinski definition) is 5. The third-order valence-electron chi connectivity index (χ3n) is 4.47. The summed E-state index contributed by atoms with van der Waals surface area (Å²) in [6, 6.07) is 8.60. The molecule has 1 heterocycles. The number of phenolic OH excluding ortho intramolecular Hbond substituents is 1. The Kier molecular flexibility index (Phi) is 6.37. The number of benzene rings is 2. The third kappa shape index (κ3) is 5.25. The van der Waals surface area contributed by atoms with Gasteiger partial charge in [-0.25, -0.2) is 9.18 Å². The number of carbonyl (C=O) groups is 1. The summed E-state index contributed by atoms with van der Waals surface area (Å²) in [5.74, 6) is -0.292. The van der Waals surface area contributed by atoms with Crippen LogP contribution in [0.1, 0.15) is 13.8 Å². The number of amides is 2. The van der Waals surface area contributed by atoms with E-state index in [0.717, 1.165) is 6.20 Å². The Morgan fingerprint density at radius 1 is 1.26 bits per heavy atom. The number of aromatic nitrogens is 2. The number of nitrogens with zero attached hydrogens (tertiary/aromatic N) is 2. The van der Waals surface area contributed by atoms with Gasteiger partial charge in [-0.1, -0.05) is 11.6 Å². The first kappa shape index (κ1) is 22.4. The van der Waals surface area contributed by atoms with Gasteiger partial charge in [-0.2, -0.15) is 5.10 Å². The van der Waals surface area contributed by atoms with Crippen LogP contribution >= 0.6 is 11.6 Å². The lowest BCUT2D eigenvalue weighted by Gasteiger charge is -2.26. The van der Waals surface area contributed by atoms with E-state index in [4.69, 9.17) is 22.1 Å². The van der Waals surface area contributed by atoms with Crippen molar-refractivity contribution in [2.24, 2.45) is 12.8 Å². The zero-order valence-corrected chi connectivity index (χ0v) is 18.0. The smallest absolute Gasteiger partial charge is 0.323 e. The molecule has 2 amide bonds. The highest BCUT2D eigenvalue weighted by Gasteiger charge is 2.23. The van der Waals surface area contributed by atoms with E-state index in [0.29, 0.717) is 22.7 Å². The summed E-state index contributed by atoms with van der Waals surface area (Å²) < 4.78 is 21.8. The number of ether oxygens (including phenoxy) is 1. The fraction of sp³-hybridized carbons (Fsp3) is 0.238. The molecule has 0 spiro atoms. The molecule has 0 saturated heterocycles. The maximum atomic E-state index is 14.4. The minimum Gasteiger partial charge on any atom is -0.506 e. The molecular formula is C21H23ClFN5O3. The molecule has 8 nitrogen and oxygen atoms in total. The maximum Gasteiger partial charge on any atom is 0.323 e. The van der Waals surface area contributed by atoms with Crippen LogP contribution in [0.3, 0.4) is 0 Å². The van der Waals surface area contributed by atoms with Gasteiger partial charge in [-0.3, -0.25) is 4.68 Å². The largest absolute Gasteiger partial charge is 0.506 e. The van der Waals surface area contributed by atoms with Crippen molar-refractivity contribution < 1.29 is 19.0 Å². The predicted octanol–water partition coefficient (Wildman–Crippen LogP) is 4.35. The average molecular weight is 448 g/mol. The van der Waals surface area contributed by atoms with Crippen LogP contribution in [0.2, 0.25) is 5.02 Å². The quantitative estimate of drug-likeness (QED) is 0.448. The molecular weight excluding hydrogens is 425 g/mol. The van der Waals surface area contributed by atoms with Gasteiger partial charge in [0.1, 0.15) is 22.8 Å². The lowest BCUT2D eigenvalue weighted by Crippen LogP contribution is -2.37. The minimum absolute atomic E-state index is 0.155. The van der Waals surface area contributed by atoms with Crippen LogP contribution in [0.5, 0.6) is 11.5 Å². The number of carbonyl (C=O) groups excluding carboxylic acids is 1. The number of nitrogens with two attached hydrogens (primary N) is 1. The first-order valence-corrected chi connectivity index (χ1v) is 9.75. The molecule has 0 bridgehead atoms. The van der Waals surface area contributed by atoms with Gasteiger partial charge in [0.15, 0.2) is 5.82 Å². The number of phenols is 1. The zero-order valence-electron chi connectivity index (χ0n) is 17.2. The van der Waals surface area contributed by atoms with Gasteiger partial charge < -0.3 is 26.2 Å². The predicted molar refractivity (Wildman–Crippen MR) is 118 cm³/mol. The fourth-order valence-electron chi connectivity index (χ4n) is 2.82. The van der Waals surface area contributed by atoms with Crippen LogP contribution in [-0.4, -0.2) is 33.1 Å². The number of aromatic hydroxyl groups is 1. The Labute approximate surface area is 183 Å². The van der Waals surface area contributed by atoms with Crippen molar-refractivity contribution in [1.29, 1.82) is 0 Å². The molecule has 164 valence electrons. The van der Waals surface area contributed by atoms with Gasteiger partial charge in [0.2, 0.25) is 0 Å². The second kappa shape index (κ2) is 8.83. The van der Waals surface area contributed by atoms with Gasteiger partial charge in [0.25, 0.3) is 0 Å². The molecule has 1 aromatic heterocycles. The molecule has 2 aromatic carbocycles. The van der Waals surface area contributed by atoms with E-state index in [1.54, 1.807) is 31.3 Å². The lowest BCUT2D eigenvalue weighted by molar-refractivity contribution is 0.119. The first-order chi connectivity index (χ1) is 14.6. The summed E-state index contributed by atoms with van der Waals surface area (Å²) in [7, 11) is 1.61. The molecule has 0 atom stereocenters. The lowest BCUT2D eigenvalue weighted by atomic mass is 10.1. The minimum atomic E-state index is -0.688. The summed E-state index contributed by atoms with van der Waals surface area (Å²) in [5.41, 5.74) is 6.42. The van der Waals surface area contributed by atoms with E-state index in [9.17, 15) is 14.3 Å². The van der Waals surface area contributed by atoms with E-state index in [2.05, 4.69) is 15.7 Å².